The molecule has 0 fully saturated rings. The number of aryl methyl sites for hydroxylation is 2. The van der Waals surface area contributed by atoms with Crippen molar-refractivity contribution in [2.45, 2.75) is 54.4 Å². The number of carbonyl (C=O) groups excluding carboxylic acids is 2. The van der Waals surface area contributed by atoms with Crippen LogP contribution < -0.4 is 0 Å². The van der Waals surface area contributed by atoms with Gasteiger partial charge in [0.05, 0.1) is 13.2 Å². The highest BCUT2D eigenvalue weighted by molar-refractivity contribution is 5.91. The molecule has 0 aliphatic rings. The molecule has 2 N–H and O–H groups in total. The number of hydrogen-bond donors (Lipinski definition) is 2. The van der Waals surface area contributed by atoms with Crippen LogP contribution in [-0.4, -0.2) is 35.1 Å². The Morgan fingerprint density at radius 3 is 1.46 bits per heavy atom. The Morgan fingerprint density at radius 2 is 1.15 bits per heavy atom. The third-order valence-corrected chi connectivity index (χ3v) is 4.82. The highest BCUT2D eigenvalue weighted by Crippen LogP contribution is 2.36. The normalized spacial score (nSPS) is 11.1. The lowest BCUT2D eigenvalue weighted by Crippen LogP contribution is -2.08. The Morgan fingerprint density at radius 1 is 0.808 bits per heavy atom. The fourth-order valence-corrected chi connectivity index (χ4v) is 3.79. The van der Waals surface area contributed by atoms with Crippen LogP contribution in [0.25, 0.3) is 0 Å². The molecule has 0 amide bonds. The molecule has 0 aromatic carbocycles. The van der Waals surface area contributed by atoms with Crippen LogP contribution in [0.4, 0.5) is 0 Å². The van der Waals surface area contributed by atoms with Crippen LogP contribution in [0, 0.1) is 27.7 Å². The van der Waals surface area contributed by atoms with Gasteiger partial charge >= 0.3 is 11.9 Å². The molecule has 0 saturated carbocycles. The van der Waals surface area contributed by atoms with Gasteiger partial charge in [-0.3, -0.25) is 0 Å². The second kappa shape index (κ2) is 7.81. The Kier molecular flexibility index (Phi) is 5.95. The van der Waals surface area contributed by atoms with Gasteiger partial charge in [-0.1, -0.05) is 6.92 Å². The van der Waals surface area contributed by atoms with E-state index in [2.05, 4.69) is 16.9 Å². The van der Waals surface area contributed by atoms with Crippen molar-refractivity contribution in [3.05, 3.63) is 45.0 Å². The molecule has 2 aromatic heterocycles. The maximum absolute atomic E-state index is 12.2. The summed E-state index contributed by atoms with van der Waals surface area (Å²) in [6.07, 6.45) is 0. The van der Waals surface area contributed by atoms with Gasteiger partial charge in [0.15, 0.2) is 0 Å². The smallest absolute Gasteiger partial charge is 0.355 e. The number of nitrogens with one attached hydrogen (secondary N) is 2. The maximum Gasteiger partial charge on any atom is 0.355 e. The topological polar surface area (TPSA) is 84.2 Å². The molecule has 0 unspecified atom stereocenters. The number of H-pyrrole nitrogens is 2. The highest BCUT2D eigenvalue weighted by atomic mass is 16.5. The molecule has 0 saturated heterocycles. The van der Waals surface area contributed by atoms with Crippen LogP contribution in [0.3, 0.4) is 0 Å². The van der Waals surface area contributed by atoms with E-state index in [0.717, 1.165) is 33.6 Å². The van der Waals surface area contributed by atoms with E-state index in [9.17, 15) is 9.59 Å². The Balaban J connectivity index is 2.49. The fraction of sp³-hybridized carbons (Fsp3) is 0.500. The molecule has 0 aliphatic carbocycles. The molecule has 0 radical (unpaired) electrons. The Bertz CT molecular complexity index is 761. The zero-order valence-corrected chi connectivity index (χ0v) is 16.6. The van der Waals surface area contributed by atoms with Gasteiger partial charge in [-0.2, -0.15) is 0 Å². The summed E-state index contributed by atoms with van der Waals surface area (Å²) in [6.45, 7) is 14.1. The lowest BCUT2D eigenvalue weighted by molar-refractivity contribution is 0.0509. The van der Waals surface area contributed by atoms with Gasteiger partial charge in [-0.25, -0.2) is 9.59 Å². The van der Waals surface area contributed by atoms with Crippen LogP contribution in [0.2, 0.25) is 0 Å². The predicted octanol–water partition coefficient (Wildman–Crippen LogP) is 4.08. The number of ether oxygens (including phenoxy) is 2. The van der Waals surface area contributed by atoms with Gasteiger partial charge in [-0.15, -0.1) is 0 Å². The second-order valence-corrected chi connectivity index (χ2v) is 6.49. The maximum atomic E-state index is 12.2. The third kappa shape index (κ3) is 3.41. The van der Waals surface area contributed by atoms with Crippen molar-refractivity contribution in [2.24, 2.45) is 0 Å². The zero-order chi connectivity index (χ0) is 19.6. The molecule has 6 heteroatoms. The first-order valence-electron chi connectivity index (χ1n) is 8.96. The number of aromatic nitrogens is 2. The summed E-state index contributed by atoms with van der Waals surface area (Å²) in [5.74, 6) is -0.684. The van der Waals surface area contributed by atoms with Crippen LogP contribution in [-0.2, 0) is 9.47 Å². The summed E-state index contributed by atoms with van der Waals surface area (Å²) in [5.41, 5.74) is 6.69. The van der Waals surface area contributed by atoms with Crippen LogP contribution in [0.15, 0.2) is 0 Å². The first-order valence-corrected chi connectivity index (χ1v) is 8.96. The molecule has 0 aliphatic heterocycles. The minimum Gasteiger partial charge on any atom is -0.461 e. The number of aromatic amines is 2. The Hall–Kier alpha value is -2.50. The van der Waals surface area contributed by atoms with E-state index in [4.69, 9.17) is 9.47 Å². The summed E-state index contributed by atoms with van der Waals surface area (Å²) in [6, 6.07) is 0. The third-order valence-electron chi connectivity index (χ3n) is 4.82. The van der Waals surface area contributed by atoms with Gasteiger partial charge in [0.2, 0.25) is 0 Å². The molecule has 2 aromatic rings. The quantitative estimate of drug-likeness (QED) is 0.760. The van der Waals surface area contributed by atoms with Crippen molar-refractivity contribution in [3.63, 3.8) is 0 Å². The lowest BCUT2D eigenvalue weighted by Gasteiger charge is -2.15. The van der Waals surface area contributed by atoms with Crippen molar-refractivity contribution >= 4 is 11.9 Å². The Labute approximate surface area is 154 Å². The molecule has 26 heavy (non-hydrogen) atoms. The van der Waals surface area contributed by atoms with Crippen molar-refractivity contribution < 1.29 is 19.1 Å². The highest BCUT2D eigenvalue weighted by Gasteiger charge is 2.27. The summed E-state index contributed by atoms with van der Waals surface area (Å²) in [4.78, 5) is 30.7. The average Bonchev–Trinajstić information content (AvgIpc) is 3.03. The van der Waals surface area contributed by atoms with Crippen molar-refractivity contribution in [1.29, 1.82) is 0 Å². The molecule has 0 spiro atoms. The first kappa shape index (κ1) is 19.8. The zero-order valence-electron chi connectivity index (χ0n) is 16.6. The monoisotopic (exact) mass is 360 g/mol. The minimum absolute atomic E-state index is 0.00820. The average molecular weight is 360 g/mol. The molecular weight excluding hydrogens is 332 g/mol. The molecule has 0 atom stereocenters. The SMILES string of the molecule is CCOC(=O)c1[nH]c(C)c(C(C)c2c(C)[nH]c(C(=O)OCC)c2C)c1C. The van der Waals surface area contributed by atoms with Gasteiger partial charge in [0.25, 0.3) is 0 Å². The molecule has 142 valence electrons. The van der Waals surface area contributed by atoms with Gasteiger partial charge < -0.3 is 19.4 Å². The lowest BCUT2D eigenvalue weighted by atomic mass is 9.88. The van der Waals surface area contributed by atoms with Gasteiger partial charge in [-0.05, 0) is 63.8 Å². The van der Waals surface area contributed by atoms with E-state index < -0.39 is 0 Å². The number of hydrogen-bond acceptors (Lipinski definition) is 4. The van der Waals surface area contributed by atoms with E-state index in [-0.39, 0.29) is 17.9 Å². The van der Waals surface area contributed by atoms with Crippen molar-refractivity contribution in [3.8, 4) is 0 Å². The summed E-state index contributed by atoms with van der Waals surface area (Å²) < 4.78 is 10.3. The second-order valence-electron chi connectivity index (χ2n) is 6.49. The van der Waals surface area contributed by atoms with Crippen LogP contribution >= 0.6 is 0 Å². The number of carbonyl (C=O) groups is 2. The van der Waals surface area contributed by atoms with E-state index in [0.29, 0.717) is 24.6 Å². The summed E-state index contributed by atoms with van der Waals surface area (Å²) in [5, 5.41) is 0. The van der Waals surface area contributed by atoms with E-state index in [1.807, 2.05) is 27.7 Å². The molecule has 0 bridgehead atoms. The molecule has 2 rings (SSSR count). The van der Waals surface area contributed by atoms with E-state index in [1.165, 1.54) is 0 Å². The molecular formula is C20H28N2O4. The molecule has 6 nitrogen and oxygen atoms in total. The standard InChI is InChI=1S/C20H28N2O4/c1-8-25-19(23)17-11(4)15(13(6)21-17)10(3)16-12(5)18(22-14(16)7)20(24)26-9-2/h10,21-22H,8-9H2,1-7H3. The van der Waals surface area contributed by atoms with E-state index in [1.54, 1.807) is 13.8 Å². The van der Waals surface area contributed by atoms with Crippen LogP contribution in [0.1, 0.15) is 81.3 Å². The summed E-state index contributed by atoms with van der Waals surface area (Å²) in [7, 11) is 0. The van der Waals surface area contributed by atoms with Crippen LogP contribution in [0.5, 0.6) is 0 Å². The van der Waals surface area contributed by atoms with Gasteiger partial charge in [0.1, 0.15) is 11.4 Å². The van der Waals surface area contributed by atoms with Crippen molar-refractivity contribution in [2.75, 3.05) is 13.2 Å². The van der Waals surface area contributed by atoms with E-state index >= 15 is 0 Å². The number of rotatable bonds is 6. The molecule has 2 heterocycles. The first-order chi connectivity index (χ1) is 12.2. The minimum atomic E-state index is -0.346. The fourth-order valence-electron chi connectivity index (χ4n) is 3.79. The summed E-state index contributed by atoms with van der Waals surface area (Å²) >= 11 is 0. The van der Waals surface area contributed by atoms with Gasteiger partial charge in [0, 0.05) is 17.3 Å². The largest absolute Gasteiger partial charge is 0.461 e. The predicted molar refractivity (Wildman–Crippen MR) is 100.0 cm³/mol. The number of esters is 2. The van der Waals surface area contributed by atoms with Crippen molar-refractivity contribution in [1.82, 2.24) is 9.97 Å².